The van der Waals surface area contributed by atoms with E-state index in [-0.39, 0.29) is 5.92 Å². The molecule has 1 aliphatic heterocycles. The number of nitriles is 1. The number of nitrogens with zero attached hydrogens (tertiary/aromatic N) is 1. The van der Waals surface area contributed by atoms with E-state index in [1.165, 1.54) is 26.8 Å². The molecule has 0 bridgehead atoms. The average Bonchev–Trinajstić information content (AvgIpc) is 2.53. The number of nitrogens with one attached hydrogen (secondary N) is 1. The summed E-state index contributed by atoms with van der Waals surface area (Å²) in [6, 6.07) is 15.8. The minimum Gasteiger partial charge on any atom is -0.384 e. The van der Waals surface area contributed by atoms with Crippen LogP contribution in [0.15, 0.2) is 36.4 Å². The Morgan fingerprint density at radius 3 is 2.90 bits per heavy atom. The zero-order chi connectivity index (χ0) is 13.5. The second-order valence-electron chi connectivity index (χ2n) is 5.75. The Morgan fingerprint density at radius 1 is 1.10 bits per heavy atom. The van der Waals surface area contributed by atoms with Crippen LogP contribution in [0.1, 0.15) is 19.3 Å². The van der Waals surface area contributed by atoms with Gasteiger partial charge in [0.05, 0.1) is 12.0 Å². The Bertz CT molecular complexity index is 842. The lowest BCUT2D eigenvalue weighted by atomic mass is 9.80. The van der Waals surface area contributed by atoms with Gasteiger partial charge in [-0.25, -0.2) is 0 Å². The van der Waals surface area contributed by atoms with Crippen LogP contribution in [0.5, 0.6) is 0 Å². The van der Waals surface area contributed by atoms with Gasteiger partial charge >= 0.3 is 0 Å². The molecule has 20 heavy (non-hydrogen) atoms. The van der Waals surface area contributed by atoms with Gasteiger partial charge in [-0.1, -0.05) is 36.4 Å². The summed E-state index contributed by atoms with van der Waals surface area (Å²) in [4.78, 5) is 0. The van der Waals surface area contributed by atoms with Crippen molar-refractivity contribution in [3.8, 4) is 6.07 Å². The van der Waals surface area contributed by atoms with Crippen LogP contribution in [0.4, 0.5) is 0 Å². The second-order valence-corrected chi connectivity index (χ2v) is 5.75. The lowest BCUT2D eigenvalue weighted by Gasteiger charge is -2.31. The molecule has 98 valence electrons. The molecule has 0 spiro atoms. The van der Waals surface area contributed by atoms with Crippen molar-refractivity contribution in [2.24, 2.45) is 5.92 Å². The van der Waals surface area contributed by atoms with Gasteiger partial charge < -0.3 is 5.32 Å². The second kappa shape index (κ2) is 4.38. The first kappa shape index (κ1) is 11.5. The monoisotopic (exact) mass is 260 g/mol. The van der Waals surface area contributed by atoms with Crippen LogP contribution in [0.3, 0.4) is 0 Å². The van der Waals surface area contributed by atoms with Crippen LogP contribution in [0, 0.1) is 17.2 Å². The highest BCUT2D eigenvalue weighted by Crippen LogP contribution is 2.29. The molecule has 2 nitrogen and oxygen atoms in total. The molecule has 2 atom stereocenters. The summed E-state index contributed by atoms with van der Waals surface area (Å²) in [5.41, 5.74) is 1.43. The fourth-order valence-electron chi connectivity index (χ4n) is 3.58. The van der Waals surface area contributed by atoms with Crippen LogP contribution in [0.25, 0.3) is 22.5 Å². The van der Waals surface area contributed by atoms with E-state index in [0.29, 0.717) is 6.04 Å². The van der Waals surface area contributed by atoms with Crippen molar-refractivity contribution in [2.45, 2.75) is 25.3 Å². The van der Waals surface area contributed by atoms with Crippen molar-refractivity contribution in [3.63, 3.8) is 0 Å². The molecule has 2 aliphatic rings. The Kier molecular flexibility index (Phi) is 2.53. The summed E-state index contributed by atoms with van der Waals surface area (Å²) in [6.45, 7) is 0. The molecular formula is C18H16N2. The maximum Gasteiger partial charge on any atom is 0.0659 e. The van der Waals surface area contributed by atoms with Gasteiger partial charge in [0.2, 0.25) is 0 Å². The zero-order valence-corrected chi connectivity index (χ0v) is 11.3. The molecule has 4 rings (SSSR count). The molecule has 1 N–H and O–H groups in total. The maximum absolute atomic E-state index is 9.25. The highest BCUT2D eigenvalue weighted by atomic mass is 14.9. The van der Waals surface area contributed by atoms with Crippen LogP contribution >= 0.6 is 0 Å². The third-order valence-electron chi connectivity index (χ3n) is 4.60. The summed E-state index contributed by atoms with van der Waals surface area (Å²) >= 11 is 0. The molecule has 0 amide bonds. The smallest absolute Gasteiger partial charge is 0.0659 e. The SMILES string of the molecule is N#CC1CCC2NC=c3ccc4ccccc4c3=C2C1. The summed E-state index contributed by atoms with van der Waals surface area (Å²) in [5.74, 6) is 0.174. The average molecular weight is 260 g/mol. The van der Waals surface area contributed by atoms with Crippen LogP contribution in [0.2, 0.25) is 0 Å². The van der Waals surface area contributed by atoms with Crippen molar-refractivity contribution in [3.05, 3.63) is 46.8 Å². The highest BCUT2D eigenvalue weighted by Gasteiger charge is 2.27. The zero-order valence-electron chi connectivity index (χ0n) is 11.3. The fourth-order valence-corrected chi connectivity index (χ4v) is 3.58. The quantitative estimate of drug-likeness (QED) is 0.786. The molecule has 2 aromatic carbocycles. The maximum atomic E-state index is 9.25. The van der Waals surface area contributed by atoms with E-state index in [4.69, 9.17) is 0 Å². The Morgan fingerprint density at radius 2 is 2.00 bits per heavy atom. The highest BCUT2D eigenvalue weighted by molar-refractivity contribution is 5.86. The van der Waals surface area contributed by atoms with E-state index in [1.54, 1.807) is 0 Å². The molecule has 1 aliphatic carbocycles. The van der Waals surface area contributed by atoms with Crippen molar-refractivity contribution in [1.29, 1.82) is 5.26 Å². The molecule has 1 heterocycles. The summed E-state index contributed by atoms with van der Waals surface area (Å²) < 4.78 is 0. The van der Waals surface area contributed by atoms with Gasteiger partial charge in [0, 0.05) is 12.2 Å². The van der Waals surface area contributed by atoms with Crippen molar-refractivity contribution in [2.75, 3.05) is 0 Å². The van der Waals surface area contributed by atoms with E-state index in [0.717, 1.165) is 19.3 Å². The van der Waals surface area contributed by atoms with Crippen LogP contribution in [-0.4, -0.2) is 6.04 Å². The summed E-state index contributed by atoms with van der Waals surface area (Å²) in [7, 11) is 0. The molecule has 1 saturated carbocycles. The van der Waals surface area contributed by atoms with Gasteiger partial charge in [-0.05, 0) is 46.0 Å². The van der Waals surface area contributed by atoms with Crippen LogP contribution < -0.4 is 15.8 Å². The van der Waals surface area contributed by atoms with Crippen molar-refractivity contribution < 1.29 is 0 Å². The molecule has 2 unspecified atom stereocenters. The predicted molar refractivity (Wildman–Crippen MR) is 80.9 cm³/mol. The first-order chi connectivity index (χ1) is 9.86. The largest absolute Gasteiger partial charge is 0.384 e. The van der Waals surface area contributed by atoms with Gasteiger partial charge in [0.25, 0.3) is 0 Å². The number of hydrogen-bond donors (Lipinski definition) is 1. The van der Waals surface area contributed by atoms with E-state index in [9.17, 15) is 5.26 Å². The minimum atomic E-state index is 0.174. The molecule has 2 heteroatoms. The van der Waals surface area contributed by atoms with Crippen molar-refractivity contribution >= 4 is 22.5 Å². The number of benzene rings is 2. The normalized spacial score (nSPS) is 24.1. The summed E-state index contributed by atoms with van der Waals surface area (Å²) in [6.07, 6.45) is 5.12. The third-order valence-corrected chi connectivity index (χ3v) is 4.60. The molecule has 1 fully saturated rings. The van der Waals surface area contributed by atoms with Gasteiger partial charge in [0.1, 0.15) is 0 Å². The first-order valence-corrected chi connectivity index (χ1v) is 7.23. The fraction of sp³-hybridized carbons (Fsp3) is 0.278. The first-order valence-electron chi connectivity index (χ1n) is 7.23. The lowest BCUT2D eigenvalue weighted by Crippen LogP contribution is -2.45. The molecule has 0 aromatic heterocycles. The number of rotatable bonds is 0. The molecule has 2 aromatic rings. The standard InChI is InChI=1S/C18H16N2/c19-10-12-5-8-17-16(9-12)18-14(11-20-17)7-6-13-3-1-2-4-15(13)18/h1-4,6-7,11-12,17,20H,5,8-9H2. The topological polar surface area (TPSA) is 35.8 Å². The Balaban J connectivity index is 2.10. The van der Waals surface area contributed by atoms with Gasteiger partial charge in [0.15, 0.2) is 0 Å². The molecular weight excluding hydrogens is 244 g/mol. The van der Waals surface area contributed by atoms with E-state index in [2.05, 4.69) is 54.0 Å². The predicted octanol–water partition coefficient (Wildman–Crippen LogP) is 2.02. The molecule has 0 radical (unpaired) electrons. The number of fused-ring (bicyclic) bond motifs is 4. The van der Waals surface area contributed by atoms with Gasteiger partial charge in [-0.3, -0.25) is 0 Å². The van der Waals surface area contributed by atoms with Crippen LogP contribution in [-0.2, 0) is 0 Å². The lowest BCUT2D eigenvalue weighted by molar-refractivity contribution is 0.478. The van der Waals surface area contributed by atoms with E-state index in [1.807, 2.05) is 0 Å². The number of hydrogen-bond acceptors (Lipinski definition) is 2. The van der Waals surface area contributed by atoms with Gasteiger partial charge in [-0.15, -0.1) is 0 Å². The van der Waals surface area contributed by atoms with Gasteiger partial charge in [-0.2, -0.15) is 5.26 Å². The summed E-state index contributed by atoms with van der Waals surface area (Å²) in [5, 5.41) is 18.0. The Hall–Kier alpha value is -2.27. The Labute approximate surface area is 118 Å². The molecule has 0 saturated heterocycles. The van der Waals surface area contributed by atoms with Crippen molar-refractivity contribution in [1.82, 2.24) is 5.32 Å². The van der Waals surface area contributed by atoms with E-state index >= 15 is 0 Å². The third kappa shape index (κ3) is 1.63. The van der Waals surface area contributed by atoms with E-state index < -0.39 is 0 Å². The minimum absolute atomic E-state index is 0.174.